The zero-order valence-corrected chi connectivity index (χ0v) is 17.2. The molecule has 2 amide bonds. The Hall–Kier alpha value is -2.29. The number of carbonyl (C=O) groups is 2. The SMILES string of the molecule is O=C(Nc1nc(CN2CCCCC2)cs1)c1cccc(NC(=O)[C@@H]2CCCO2)c1. The van der Waals surface area contributed by atoms with Crippen molar-refractivity contribution in [2.75, 3.05) is 30.3 Å². The zero-order chi connectivity index (χ0) is 20.1. The number of aromatic nitrogens is 1. The Labute approximate surface area is 174 Å². The number of nitrogens with one attached hydrogen (secondary N) is 2. The van der Waals surface area contributed by atoms with Gasteiger partial charge in [-0.15, -0.1) is 11.3 Å². The lowest BCUT2D eigenvalue weighted by Crippen LogP contribution is -2.29. The van der Waals surface area contributed by atoms with E-state index in [9.17, 15) is 9.59 Å². The lowest BCUT2D eigenvalue weighted by atomic mass is 10.1. The molecule has 7 nitrogen and oxygen atoms in total. The molecule has 0 saturated carbocycles. The molecule has 1 aromatic carbocycles. The highest BCUT2D eigenvalue weighted by Gasteiger charge is 2.23. The van der Waals surface area contributed by atoms with E-state index in [1.807, 2.05) is 5.38 Å². The predicted molar refractivity (Wildman–Crippen MR) is 113 cm³/mol. The lowest BCUT2D eigenvalue weighted by Gasteiger charge is -2.25. The first-order valence-corrected chi connectivity index (χ1v) is 11.1. The first-order chi connectivity index (χ1) is 14.2. The molecule has 2 saturated heterocycles. The summed E-state index contributed by atoms with van der Waals surface area (Å²) in [6, 6.07) is 6.91. The Balaban J connectivity index is 1.34. The predicted octanol–water partition coefficient (Wildman–Crippen LogP) is 3.50. The number of amides is 2. The van der Waals surface area contributed by atoms with Crippen LogP contribution in [0.2, 0.25) is 0 Å². The standard InChI is InChI=1S/C21H26N4O3S/c26-19(24-21-23-17(14-29-21)13-25-9-2-1-3-10-25)15-6-4-7-16(12-15)22-20(27)18-8-5-11-28-18/h4,6-7,12,14,18H,1-3,5,8-11,13H2,(H,22,27)(H,23,24,26)/t18-/m0/s1. The monoisotopic (exact) mass is 414 g/mol. The second kappa shape index (κ2) is 9.47. The maximum Gasteiger partial charge on any atom is 0.257 e. The quantitative estimate of drug-likeness (QED) is 0.756. The van der Waals surface area contributed by atoms with Crippen LogP contribution in [0.4, 0.5) is 10.8 Å². The van der Waals surface area contributed by atoms with Crippen LogP contribution in [0.25, 0.3) is 0 Å². The number of rotatable bonds is 6. The van der Waals surface area contributed by atoms with Crippen LogP contribution < -0.4 is 10.6 Å². The van der Waals surface area contributed by atoms with Crippen molar-refractivity contribution < 1.29 is 14.3 Å². The molecule has 2 aliphatic rings. The zero-order valence-electron chi connectivity index (χ0n) is 16.4. The summed E-state index contributed by atoms with van der Waals surface area (Å²) in [6.07, 6.45) is 5.02. The average Bonchev–Trinajstić information content (AvgIpc) is 3.41. The molecule has 8 heteroatoms. The van der Waals surface area contributed by atoms with Gasteiger partial charge in [-0.3, -0.25) is 19.8 Å². The molecule has 0 radical (unpaired) electrons. The Morgan fingerprint density at radius 1 is 1.17 bits per heavy atom. The summed E-state index contributed by atoms with van der Waals surface area (Å²) in [5.74, 6) is -0.403. The number of anilines is 2. The molecule has 2 aromatic rings. The maximum atomic E-state index is 12.6. The van der Waals surface area contributed by atoms with Crippen LogP contribution in [0.1, 0.15) is 48.2 Å². The summed E-state index contributed by atoms with van der Waals surface area (Å²) in [5, 5.41) is 8.29. The maximum absolute atomic E-state index is 12.6. The van der Waals surface area contributed by atoms with Crippen LogP contribution in [0.5, 0.6) is 0 Å². The van der Waals surface area contributed by atoms with Gasteiger partial charge in [0, 0.05) is 29.8 Å². The van der Waals surface area contributed by atoms with Crippen LogP contribution in [0.3, 0.4) is 0 Å². The Kier molecular flexibility index (Phi) is 6.53. The number of piperidine rings is 1. The summed E-state index contributed by atoms with van der Waals surface area (Å²) in [7, 11) is 0. The molecule has 2 fully saturated rings. The third-order valence-electron chi connectivity index (χ3n) is 5.22. The van der Waals surface area contributed by atoms with E-state index in [4.69, 9.17) is 4.74 Å². The fourth-order valence-electron chi connectivity index (χ4n) is 3.70. The average molecular weight is 415 g/mol. The molecule has 1 atom stereocenters. The molecule has 29 heavy (non-hydrogen) atoms. The molecule has 0 aliphatic carbocycles. The van der Waals surface area contributed by atoms with E-state index in [2.05, 4.69) is 20.5 Å². The molecule has 2 aliphatic heterocycles. The lowest BCUT2D eigenvalue weighted by molar-refractivity contribution is -0.124. The van der Waals surface area contributed by atoms with Crippen LogP contribution in [0.15, 0.2) is 29.6 Å². The van der Waals surface area contributed by atoms with Crippen LogP contribution in [0, 0.1) is 0 Å². The van der Waals surface area contributed by atoms with E-state index in [0.717, 1.165) is 38.2 Å². The highest BCUT2D eigenvalue weighted by atomic mass is 32.1. The Morgan fingerprint density at radius 2 is 2.03 bits per heavy atom. The smallest absolute Gasteiger partial charge is 0.257 e. The highest BCUT2D eigenvalue weighted by molar-refractivity contribution is 7.14. The molecule has 2 N–H and O–H groups in total. The third kappa shape index (κ3) is 5.41. The van der Waals surface area contributed by atoms with E-state index >= 15 is 0 Å². The summed E-state index contributed by atoms with van der Waals surface area (Å²) >= 11 is 1.44. The number of thiazole rings is 1. The van der Waals surface area contributed by atoms with Crippen molar-refractivity contribution in [2.45, 2.75) is 44.8 Å². The van der Waals surface area contributed by atoms with Crippen molar-refractivity contribution in [1.29, 1.82) is 0 Å². The summed E-state index contributed by atoms with van der Waals surface area (Å²) in [4.78, 5) is 31.8. The summed E-state index contributed by atoms with van der Waals surface area (Å²) in [5.41, 5.74) is 2.05. The van der Waals surface area contributed by atoms with Crippen LogP contribution in [-0.2, 0) is 16.1 Å². The topological polar surface area (TPSA) is 83.6 Å². The fourth-order valence-corrected chi connectivity index (χ4v) is 4.39. The van der Waals surface area contributed by atoms with Gasteiger partial charge in [0.1, 0.15) is 6.10 Å². The second-order valence-electron chi connectivity index (χ2n) is 7.51. The summed E-state index contributed by atoms with van der Waals surface area (Å²) in [6.45, 7) is 3.68. The van der Waals surface area contributed by atoms with Gasteiger partial charge in [-0.25, -0.2) is 4.98 Å². The first-order valence-electron chi connectivity index (χ1n) is 10.2. The summed E-state index contributed by atoms with van der Waals surface area (Å²) < 4.78 is 5.40. The van der Waals surface area contributed by atoms with Crippen LogP contribution in [-0.4, -0.2) is 47.5 Å². The molecular weight excluding hydrogens is 388 g/mol. The molecule has 4 rings (SSSR count). The van der Waals surface area contributed by atoms with Crippen molar-refractivity contribution in [3.8, 4) is 0 Å². The highest BCUT2D eigenvalue weighted by Crippen LogP contribution is 2.21. The molecule has 0 unspecified atom stereocenters. The van der Waals surface area contributed by atoms with Crippen LogP contribution >= 0.6 is 11.3 Å². The van der Waals surface area contributed by atoms with E-state index in [0.29, 0.717) is 23.0 Å². The molecule has 0 spiro atoms. The van der Waals surface area contributed by atoms with Crippen molar-refractivity contribution >= 4 is 34.0 Å². The number of carbonyl (C=O) groups excluding carboxylic acids is 2. The van der Waals surface area contributed by atoms with Gasteiger partial charge in [-0.2, -0.15) is 0 Å². The molecule has 1 aromatic heterocycles. The van der Waals surface area contributed by atoms with Gasteiger partial charge in [0.25, 0.3) is 11.8 Å². The van der Waals surface area contributed by atoms with Gasteiger partial charge in [-0.05, 0) is 57.0 Å². The number of ether oxygens (including phenoxy) is 1. The van der Waals surface area contributed by atoms with E-state index in [1.54, 1.807) is 24.3 Å². The Bertz CT molecular complexity index is 857. The number of benzene rings is 1. The van der Waals surface area contributed by atoms with Gasteiger partial charge < -0.3 is 10.1 Å². The van der Waals surface area contributed by atoms with Crippen molar-refractivity contribution in [3.05, 3.63) is 40.9 Å². The molecule has 0 bridgehead atoms. The van der Waals surface area contributed by atoms with E-state index in [1.165, 1.54) is 30.6 Å². The van der Waals surface area contributed by atoms with Crippen molar-refractivity contribution in [1.82, 2.24) is 9.88 Å². The second-order valence-corrected chi connectivity index (χ2v) is 8.36. The van der Waals surface area contributed by atoms with E-state index < -0.39 is 6.10 Å². The minimum absolute atomic E-state index is 0.165. The molecule has 154 valence electrons. The van der Waals surface area contributed by atoms with Crippen molar-refractivity contribution in [2.24, 2.45) is 0 Å². The van der Waals surface area contributed by atoms with Gasteiger partial charge in [-0.1, -0.05) is 12.5 Å². The first kappa shape index (κ1) is 20.0. The van der Waals surface area contributed by atoms with Gasteiger partial charge in [0.05, 0.1) is 5.69 Å². The number of hydrogen-bond acceptors (Lipinski definition) is 6. The normalized spacial score (nSPS) is 19.8. The molecule has 3 heterocycles. The minimum Gasteiger partial charge on any atom is -0.368 e. The largest absolute Gasteiger partial charge is 0.368 e. The fraction of sp³-hybridized carbons (Fsp3) is 0.476. The van der Waals surface area contributed by atoms with Gasteiger partial charge in [0.15, 0.2) is 5.13 Å². The van der Waals surface area contributed by atoms with Gasteiger partial charge >= 0.3 is 0 Å². The van der Waals surface area contributed by atoms with E-state index in [-0.39, 0.29) is 11.8 Å². The number of hydrogen-bond donors (Lipinski definition) is 2. The van der Waals surface area contributed by atoms with Crippen molar-refractivity contribution in [3.63, 3.8) is 0 Å². The number of likely N-dealkylation sites (tertiary alicyclic amines) is 1. The number of nitrogens with zero attached hydrogens (tertiary/aromatic N) is 2. The van der Waals surface area contributed by atoms with Gasteiger partial charge in [0.2, 0.25) is 0 Å². The minimum atomic E-state index is -0.402. The molecular formula is C21H26N4O3S. The third-order valence-corrected chi connectivity index (χ3v) is 6.03. The Morgan fingerprint density at radius 3 is 2.83 bits per heavy atom.